The third-order valence-corrected chi connectivity index (χ3v) is 4.49. The van der Waals surface area contributed by atoms with Crippen molar-refractivity contribution in [1.82, 2.24) is 10.2 Å². The molecule has 0 bridgehead atoms. The predicted molar refractivity (Wildman–Crippen MR) is 72.0 cm³/mol. The normalized spacial score (nSPS) is 16.7. The number of aromatic nitrogens is 2. The van der Waals surface area contributed by atoms with Crippen molar-refractivity contribution in [3.05, 3.63) is 23.2 Å². The zero-order valence-electron chi connectivity index (χ0n) is 9.78. The molecule has 0 atom stereocenters. The lowest BCUT2D eigenvalue weighted by Crippen LogP contribution is -2.00. The molecule has 1 aliphatic carbocycles. The highest BCUT2D eigenvalue weighted by Crippen LogP contribution is 2.35. The van der Waals surface area contributed by atoms with Crippen molar-refractivity contribution in [3.8, 4) is 10.4 Å². The summed E-state index contributed by atoms with van der Waals surface area (Å²) in [5.41, 5.74) is 8.32. The molecule has 1 fully saturated rings. The van der Waals surface area contributed by atoms with Crippen LogP contribution in [0.5, 0.6) is 0 Å². The van der Waals surface area contributed by atoms with Crippen LogP contribution in [0.2, 0.25) is 0 Å². The number of nitrogens with two attached hydrogens (primary N) is 1. The maximum Gasteiger partial charge on any atom is 0.154 e. The molecule has 17 heavy (non-hydrogen) atoms. The van der Waals surface area contributed by atoms with Gasteiger partial charge in [0, 0.05) is 10.6 Å². The van der Waals surface area contributed by atoms with Crippen molar-refractivity contribution >= 4 is 17.2 Å². The maximum atomic E-state index is 5.97. The topological polar surface area (TPSA) is 54.7 Å². The van der Waals surface area contributed by atoms with Crippen LogP contribution >= 0.6 is 11.3 Å². The molecular formula is C13H17N3S. The molecule has 90 valence electrons. The summed E-state index contributed by atoms with van der Waals surface area (Å²) in [5, 5.41) is 9.38. The van der Waals surface area contributed by atoms with Gasteiger partial charge in [-0.15, -0.1) is 11.3 Å². The summed E-state index contributed by atoms with van der Waals surface area (Å²) in [4.78, 5) is 1.23. The number of rotatable bonds is 3. The number of H-pyrrole nitrogens is 1. The Morgan fingerprint density at radius 2 is 2.24 bits per heavy atom. The Bertz CT molecular complexity index is 481. The molecule has 0 saturated heterocycles. The van der Waals surface area contributed by atoms with Crippen LogP contribution in [0.1, 0.15) is 31.4 Å². The summed E-state index contributed by atoms with van der Waals surface area (Å²) < 4.78 is 0. The molecule has 0 radical (unpaired) electrons. The first-order chi connectivity index (χ1) is 8.34. The third kappa shape index (κ3) is 2.09. The molecule has 0 aliphatic heterocycles. The van der Waals surface area contributed by atoms with Crippen molar-refractivity contribution in [2.24, 2.45) is 5.92 Å². The number of nitrogen functional groups attached to an aromatic ring is 1. The molecule has 1 saturated carbocycles. The standard InChI is InChI=1S/C13H17N3S/c14-13-12(11-6-3-7-17-11)10(15-16-13)8-9-4-1-2-5-9/h3,6-7,9H,1-2,4-5,8H2,(H3,14,15,16). The van der Waals surface area contributed by atoms with Crippen LogP contribution in [0.4, 0.5) is 5.82 Å². The number of thiophene rings is 1. The van der Waals surface area contributed by atoms with E-state index in [4.69, 9.17) is 5.73 Å². The SMILES string of the molecule is Nc1n[nH]c(CC2CCCC2)c1-c1cccs1. The summed E-state index contributed by atoms with van der Waals surface area (Å²) in [6, 6.07) is 4.18. The van der Waals surface area contributed by atoms with E-state index in [-0.39, 0.29) is 0 Å². The molecule has 3 rings (SSSR count). The van der Waals surface area contributed by atoms with Gasteiger partial charge in [-0.2, -0.15) is 5.10 Å². The van der Waals surface area contributed by atoms with Gasteiger partial charge in [0.15, 0.2) is 5.82 Å². The summed E-state index contributed by atoms with van der Waals surface area (Å²) in [6.45, 7) is 0. The van der Waals surface area contributed by atoms with E-state index in [0.29, 0.717) is 5.82 Å². The van der Waals surface area contributed by atoms with Gasteiger partial charge in [-0.25, -0.2) is 0 Å². The first kappa shape index (κ1) is 10.8. The molecule has 0 unspecified atom stereocenters. The van der Waals surface area contributed by atoms with Gasteiger partial charge in [0.2, 0.25) is 0 Å². The molecule has 0 spiro atoms. The fourth-order valence-corrected chi connectivity index (χ4v) is 3.55. The second-order valence-electron chi connectivity index (χ2n) is 4.79. The van der Waals surface area contributed by atoms with Crippen LogP contribution in [0.25, 0.3) is 10.4 Å². The van der Waals surface area contributed by atoms with E-state index in [1.165, 1.54) is 36.3 Å². The van der Waals surface area contributed by atoms with Crippen LogP contribution in [0.15, 0.2) is 17.5 Å². The Balaban J connectivity index is 1.89. The second-order valence-corrected chi connectivity index (χ2v) is 5.74. The Morgan fingerprint density at radius 3 is 2.94 bits per heavy atom. The highest BCUT2D eigenvalue weighted by molar-refractivity contribution is 7.13. The highest BCUT2D eigenvalue weighted by Gasteiger charge is 2.20. The lowest BCUT2D eigenvalue weighted by Gasteiger charge is -2.08. The molecule has 2 aromatic rings. The van der Waals surface area contributed by atoms with Gasteiger partial charge in [0.25, 0.3) is 0 Å². The van der Waals surface area contributed by atoms with Gasteiger partial charge < -0.3 is 5.73 Å². The minimum atomic E-state index is 0.639. The van der Waals surface area contributed by atoms with Gasteiger partial charge in [-0.05, 0) is 23.8 Å². The molecule has 2 aromatic heterocycles. The monoisotopic (exact) mass is 247 g/mol. The number of hydrogen-bond acceptors (Lipinski definition) is 3. The van der Waals surface area contributed by atoms with Crippen molar-refractivity contribution < 1.29 is 0 Å². The van der Waals surface area contributed by atoms with Crippen LogP contribution < -0.4 is 5.73 Å². The number of aromatic amines is 1. The summed E-state index contributed by atoms with van der Waals surface area (Å²) in [7, 11) is 0. The van der Waals surface area contributed by atoms with E-state index in [2.05, 4.69) is 27.7 Å². The smallest absolute Gasteiger partial charge is 0.154 e. The molecule has 3 nitrogen and oxygen atoms in total. The molecule has 1 aliphatic rings. The zero-order chi connectivity index (χ0) is 11.7. The Labute approximate surface area is 105 Å². The largest absolute Gasteiger partial charge is 0.382 e. The Morgan fingerprint density at radius 1 is 1.41 bits per heavy atom. The number of anilines is 1. The minimum Gasteiger partial charge on any atom is -0.382 e. The fourth-order valence-electron chi connectivity index (χ4n) is 2.74. The van der Waals surface area contributed by atoms with Gasteiger partial charge in [0.05, 0.1) is 5.56 Å². The van der Waals surface area contributed by atoms with Crippen LogP contribution in [0, 0.1) is 5.92 Å². The van der Waals surface area contributed by atoms with Gasteiger partial charge in [-0.3, -0.25) is 5.10 Å². The van der Waals surface area contributed by atoms with Gasteiger partial charge in [0.1, 0.15) is 0 Å². The van der Waals surface area contributed by atoms with E-state index in [0.717, 1.165) is 17.9 Å². The third-order valence-electron chi connectivity index (χ3n) is 3.60. The average molecular weight is 247 g/mol. The Hall–Kier alpha value is -1.29. The number of nitrogens with zero attached hydrogens (tertiary/aromatic N) is 1. The molecule has 4 heteroatoms. The zero-order valence-corrected chi connectivity index (χ0v) is 10.6. The quantitative estimate of drug-likeness (QED) is 0.872. The van der Waals surface area contributed by atoms with Crippen LogP contribution in [0.3, 0.4) is 0 Å². The molecule has 3 N–H and O–H groups in total. The van der Waals surface area contributed by atoms with Crippen molar-refractivity contribution in [3.63, 3.8) is 0 Å². The lowest BCUT2D eigenvalue weighted by atomic mass is 9.99. The molecule has 0 amide bonds. The van der Waals surface area contributed by atoms with E-state index < -0.39 is 0 Å². The maximum absolute atomic E-state index is 5.97. The summed E-state index contributed by atoms with van der Waals surface area (Å²) >= 11 is 1.73. The second kappa shape index (κ2) is 4.53. The first-order valence-electron chi connectivity index (χ1n) is 6.21. The van der Waals surface area contributed by atoms with Crippen molar-refractivity contribution in [1.29, 1.82) is 0 Å². The van der Waals surface area contributed by atoms with E-state index in [1.807, 2.05) is 0 Å². The van der Waals surface area contributed by atoms with E-state index >= 15 is 0 Å². The summed E-state index contributed by atoms with van der Waals surface area (Å²) in [6.07, 6.45) is 6.55. The van der Waals surface area contributed by atoms with E-state index in [9.17, 15) is 0 Å². The fraction of sp³-hybridized carbons (Fsp3) is 0.462. The Kier molecular flexibility index (Phi) is 2.89. The predicted octanol–water partition coefficient (Wildman–Crippen LogP) is 3.45. The minimum absolute atomic E-state index is 0.639. The van der Waals surface area contributed by atoms with E-state index in [1.54, 1.807) is 11.3 Å². The lowest BCUT2D eigenvalue weighted by molar-refractivity contribution is 0.539. The van der Waals surface area contributed by atoms with Crippen LogP contribution in [-0.4, -0.2) is 10.2 Å². The first-order valence-corrected chi connectivity index (χ1v) is 7.09. The van der Waals surface area contributed by atoms with Gasteiger partial charge >= 0.3 is 0 Å². The summed E-state index contributed by atoms with van der Waals surface area (Å²) in [5.74, 6) is 1.45. The average Bonchev–Trinajstić information content (AvgIpc) is 3.01. The van der Waals surface area contributed by atoms with Crippen LogP contribution in [-0.2, 0) is 6.42 Å². The highest BCUT2D eigenvalue weighted by atomic mass is 32.1. The van der Waals surface area contributed by atoms with Crippen molar-refractivity contribution in [2.45, 2.75) is 32.1 Å². The molecule has 0 aromatic carbocycles. The number of nitrogens with one attached hydrogen (secondary N) is 1. The van der Waals surface area contributed by atoms with Gasteiger partial charge in [-0.1, -0.05) is 31.7 Å². The van der Waals surface area contributed by atoms with Crippen molar-refractivity contribution in [2.75, 3.05) is 5.73 Å². The molecule has 2 heterocycles. The number of hydrogen-bond donors (Lipinski definition) is 2. The molecular weight excluding hydrogens is 230 g/mol.